The van der Waals surface area contributed by atoms with E-state index in [0.29, 0.717) is 5.92 Å². The highest BCUT2D eigenvalue weighted by molar-refractivity contribution is 5.86. The zero-order chi connectivity index (χ0) is 15.7. The molecule has 1 atom stereocenters. The first-order chi connectivity index (χ1) is 9.99. The zero-order valence-corrected chi connectivity index (χ0v) is 12.9. The lowest BCUT2D eigenvalue weighted by atomic mass is 10.0. The molecule has 0 bridgehead atoms. The summed E-state index contributed by atoms with van der Waals surface area (Å²) in [4.78, 5) is 10.6. The number of hydrogen-bond acceptors (Lipinski definition) is 4. The van der Waals surface area contributed by atoms with Gasteiger partial charge in [-0.1, -0.05) is 30.7 Å². The molecule has 1 rings (SSSR count). The second-order valence-corrected chi connectivity index (χ2v) is 5.49. The number of rotatable bonds is 8. The number of carbonyl (C=O) groups excluding carboxylic acids is 1. The Balaban J connectivity index is 2.31. The van der Waals surface area contributed by atoms with Crippen molar-refractivity contribution in [3.63, 3.8) is 0 Å². The highest BCUT2D eigenvalue weighted by Crippen LogP contribution is 2.11. The Labute approximate surface area is 126 Å². The van der Waals surface area contributed by atoms with Crippen molar-refractivity contribution in [1.29, 1.82) is 0 Å². The molecule has 0 aliphatic rings. The average molecular weight is 287 g/mol. The smallest absolute Gasteiger partial charge is 0.0715 e. The van der Waals surface area contributed by atoms with Crippen LogP contribution in [0.5, 0.6) is 0 Å². The van der Waals surface area contributed by atoms with E-state index in [4.69, 9.17) is 0 Å². The number of carboxylic acids is 1. The van der Waals surface area contributed by atoms with Gasteiger partial charge in [0.2, 0.25) is 0 Å². The molecule has 0 aromatic heterocycles. The summed E-state index contributed by atoms with van der Waals surface area (Å²) in [5.41, 5.74) is 5.17. The van der Waals surface area contributed by atoms with Crippen molar-refractivity contribution in [3.05, 3.63) is 41.5 Å². The monoisotopic (exact) mass is 287 g/mol. The molecule has 0 fully saturated rings. The molecule has 0 radical (unpaired) electrons. The van der Waals surface area contributed by atoms with E-state index in [9.17, 15) is 9.90 Å². The van der Waals surface area contributed by atoms with Gasteiger partial charge in [0, 0.05) is 6.21 Å². The SMILES string of the molecule is CC(C)=CCC[C@@H](C)C/C=N\Nc1ccc(C(=O)[O-])cc1. The fraction of sp³-hybridized carbons (Fsp3) is 0.412. The molecular weight excluding hydrogens is 264 g/mol. The normalized spacial score (nSPS) is 12.1. The van der Waals surface area contributed by atoms with Crippen LogP contribution in [-0.2, 0) is 0 Å². The quantitative estimate of drug-likeness (QED) is 0.453. The number of allylic oxidation sites excluding steroid dienone is 2. The van der Waals surface area contributed by atoms with E-state index in [0.717, 1.165) is 24.9 Å². The van der Waals surface area contributed by atoms with E-state index in [1.807, 2.05) is 6.21 Å². The Hall–Kier alpha value is -2.10. The van der Waals surface area contributed by atoms with Crippen LogP contribution in [0, 0.1) is 5.92 Å². The first-order valence-corrected chi connectivity index (χ1v) is 7.21. The molecule has 4 heteroatoms. The second kappa shape index (κ2) is 8.95. The Kier molecular flexibility index (Phi) is 7.23. The lowest BCUT2D eigenvalue weighted by molar-refractivity contribution is -0.255. The summed E-state index contributed by atoms with van der Waals surface area (Å²) in [5.74, 6) is -0.582. The van der Waals surface area contributed by atoms with Gasteiger partial charge in [-0.3, -0.25) is 5.43 Å². The van der Waals surface area contributed by atoms with Gasteiger partial charge in [-0.15, -0.1) is 0 Å². The number of carbonyl (C=O) groups is 1. The molecule has 0 amide bonds. The summed E-state index contributed by atoms with van der Waals surface area (Å²) < 4.78 is 0. The van der Waals surface area contributed by atoms with E-state index < -0.39 is 5.97 Å². The third-order valence-corrected chi connectivity index (χ3v) is 3.13. The number of carboxylic acid groups (broad SMARTS) is 1. The van der Waals surface area contributed by atoms with Crippen molar-refractivity contribution in [2.45, 2.75) is 40.0 Å². The predicted molar refractivity (Wildman–Crippen MR) is 85.3 cm³/mol. The molecule has 0 aliphatic heterocycles. The lowest BCUT2D eigenvalue weighted by Crippen LogP contribution is -2.21. The molecule has 1 aromatic rings. The van der Waals surface area contributed by atoms with Gasteiger partial charge in [-0.05, 0) is 56.7 Å². The Morgan fingerprint density at radius 2 is 2.00 bits per heavy atom. The number of nitrogens with one attached hydrogen (secondary N) is 1. The largest absolute Gasteiger partial charge is 0.545 e. The molecule has 1 N–H and O–H groups in total. The van der Waals surface area contributed by atoms with Gasteiger partial charge in [-0.2, -0.15) is 5.10 Å². The number of anilines is 1. The molecule has 0 saturated carbocycles. The van der Waals surface area contributed by atoms with Crippen molar-refractivity contribution >= 4 is 17.9 Å². The maximum atomic E-state index is 10.6. The molecule has 0 aliphatic carbocycles. The molecule has 0 unspecified atom stereocenters. The molecule has 4 nitrogen and oxygen atoms in total. The summed E-state index contributed by atoms with van der Waals surface area (Å²) in [7, 11) is 0. The van der Waals surface area contributed by atoms with E-state index in [2.05, 4.69) is 37.4 Å². The van der Waals surface area contributed by atoms with Crippen LogP contribution < -0.4 is 10.5 Å². The van der Waals surface area contributed by atoms with Gasteiger partial charge in [0.15, 0.2) is 0 Å². The molecule has 0 heterocycles. The molecule has 1 aromatic carbocycles. The maximum Gasteiger partial charge on any atom is 0.0715 e. The van der Waals surface area contributed by atoms with Crippen LogP contribution in [0.1, 0.15) is 50.4 Å². The predicted octanol–water partition coefficient (Wildman–Crippen LogP) is 3.22. The second-order valence-electron chi connectivity index (χ2n) is 5.49. The first-order valence-electron chi connectivity index (χ1n) is 7.21. The third kappa shape index (κ3) is 7.30. The number of nitrogens with zero attached hydrogens (tertiary/aromatic N) is 1. The van der Waals surface area contributed by atoms with Crippen molar-refractivity contribution in [1.82, 2.24) is 0 Å². The lowest BCUT2D eigenvalue weighted by Gasteiger charge is -2.06. The van der Waals surface area contributed by atoms with Crippen molar-refractivity contribution in [2.75, 3.05) is 5.43 Å². The van der Waals surface area contributed by atoms with E-state index in [-0.39, 0.29) is 5.56 Å². The van der Waals surface area contributed by atoms with Gasteiger partial charge in [-0.25, -0.2) is 0 Å². The van der Waals surface area contributed by atoms with Crippen LogP contribution in [0.15, 0.2) is 41.0 Å². The fourth-order valence-corrected chi connectivity index (χ4v) is 1.81. The molecule has 114 valence electrons. The summed E-state index contributed by atoms with van der Waals surface area (Å²) in [5, 5.41) is 14.8. The summed E-state index contributed by atoms with van der Waals surface area (Å²) >= 11 is 0. The number of hydrogen-bond donors (Lipinski definition) is 1. The Morgan fingerprint density at radius 1 is 1.33 bits per heavy atom. The van der Waals surface area contributed by atoms with Crippen LogP contribution >= 0.6 is 0 Å². The van der Waals surface area contributed by atoms with Crippen LogP contribution in [0.3, 0.4) is 0 Å². The number of benzene rings is 1. The first kappa shape index (κ1) is 17.0. The standard InChI is InChI=1S/C17H24N2O2/c1-13(2)5-4-6-14(3)11-12-18-19-16-9-7-15(8-10-16)17(20)21/h5,7-10,12,14,19H,4,6,11H2,1-3H3,(H,20,21)/p-1/b18-12-/t14-/m1/s1. The van der Waals surface area contributed by atoms with Crippen LogP contribution in [0.4, 0.5) is 5.69 Å². The van der Waals surface area contributed by atoms with Crippen LogP contribution in [0.25, 0.3) is 0 Å². The average Bonchev–Trinajstić information content (AvgIpc) is 2.43. The van der Waals surface area contributed by atoms with Gasteiger partial charge in [0.1, 0.15) is 0 Å². The maximum absolute atomic E-state index is 10.6. The van der Waals surface area contributed by atoms with Gasteiger partial charge in [0.25, 0.3) is 0 Å². The summed E-state index contributed by atoms with van der Waals surface area (Å²) in [6.07, 6.45) is 7.29. The van der Waals surface area contributed by atoms with Gasteiger partial charge in [0.05, 0.1) is 11.7 Å². The van der Waals surface area contributed by atoms with Crippen LogP contribution in [0.2, 0.25) is 0 Å². The van der Waals surface area contributed by atoms with E-state index in [1.54, 1.807) is 12.1 Å². The highest BCUT2D eigenvalue weighted by Gasteiger charge is 1.98. The van der Waals surface area contributed by atoms with Crippen molar-refractivity contribution in [2.24, 2.45) is 11.0 Å². The number of aromatic carboxylic acids is 1. The summed E-state index contributed by atoms with van der Waals surface area (Å²) in [6, 6.07) is 6.33. The van der Waals surface area contributed by atoms with Gasteiger partial charge >= 0.3 is 0 Å². The molecule has 0 spiro atoms. The zero-order valence-electron chi connectivity index (χ0n) is 12.9. The Bertz CT molecular complexity index is 500. The Morgan fingerprint density at radius 3 is 2.57 bits per heavy atom. The topological polar surface area (TPSA) is 64.5 Å². The minimum Gasteiger partial charge on any atom is -0.545 e. The van der Waals surface area contributed by atoms with E-state index >= 15 is 0 Å². The number of hydrazone groups is 1. The minimum atomic E-state index is -1.17. The highest BCUT2D eigenvalue weighted by atomic mass is 16.4. The molecule has 21 heavy (non-hydrogen) atoms. The minimum absolute atomic E-state index is 0.164. The van der Waals surface area contributed by atoms with Crippen molar-refractivity contribution in [3.8, 4) is 0 Å². The summed E-state index contributed by atoms with van der Waals surface area (Å²) in [6.45, 7) is 6.43. The third-order valence-electron chi connectivity index (χ3n) is 3.13. The molecular formula is C17H23N2O2-. The van der Waals surface area contributed by atoms with E-state index in [1.165, 1.54) is 17.7 Å². The molecule has 0 saturated heterocycles. The van der Waals surface area contributed by atoms with Crippen molar-refractivity contribution < 1.29 is 9.90 Å². The van der Waals surface area contributed by atoms with Gasteiger partial charge < -0.3 is 9.90 Å². The van der Waals surface area contributed by atoms with Crippen LogP contribution in [-0.4, -0.2) is 12.2 Å². The fourth-order valence-electron chi connectivity index (χ4n) is 1.81.